The minimum atomic E-state index is -3.63. The number of sulfonamides is 1. The molecule has 2 saturated heterocycles. The summed E-state index contributed by atoms with van der Waals surface area (Å²) in [7, 11) is -3.63. The van der Waals surface area contributed by atoms with Crippen molar-refractivity contribution in [3.8, 4) is 0 Å². The number of carbonyl (C=O) groups is 4. The first-order valence-electron chi connectivity index (χ1n) is 11.0. The zero-order valence-corrected chi connectivity index (χ0v) is 20.0. The van der Waals surface area contributed by atoms with E-state index in [1.165, 1.54) is 28.6 Å². The number of rotatable bonds is 9. The van der Waals surface area contributed by atoms with Crippen molar-refractivity contribution < 1.29 is 32.3 Å². The van der Waals surface area contributed by atoms with E-state index >= 15 is 0 Å². The number of nitrogens with zero attached hydrogens (tertiary/aromatic N) is 3. The van der Waals surface area contributed by atoms with Crippen LogP contribution in [0.4, 0.5) is 10.5 Å². The Balaban J connectivity index is 1.56. The van der Waals surface area contributed by atoms with Crippen LogP contribution in [-0.2, 0) is 29.1 Å². The maximum atomic E-state index is 12.6. The molecule has 0 radical (unpaired) electrons. The lowest BCUT2D eigenvalue weighted by Gasteiger charge is -2.27. The van der Waals surface area contributed by atoms with Crippen LogP contribution in [0.2, 0.25) is 0 Å². The molecule has 34 heavy (non-hydrogen) atoms. The number of imide groups is 1. The number of hydrogen-bond donors (Lipinski definition) is 2. The standard InChI is InChI=1S/C21H29N5O7S/c1-3-25(4-2)34(31,32)16-7-5-15(6-8-16)22-18(27)14-26-20(29)17(23-21(26)30)13-19(28)24-9-11-33-12-10-24/h5-8,17H,3-4,9-14H2,1-2H3,(H,22,27)(H,23,30)/t17-/m1/s1. The fourth-order valence-electron chi connectivity index (χ4n) is 3.75. The molecule has 0 bridgehead atoms. The summed E-state index contributed by atoms with van der Waals surface area (Å²) < 4.78 is 31.6. The van der Waals surface area contributed by atoms with E-state index in [1.807, 2.05) is 0 Å². The monoisotopic (exact) mass is 495 g/mol. The summed E-state index contributed by atoms with van der Waals surface area (Å²) >= 11 is 0. The molecule has 2 aliphatic rings. The molecule has 2 aliphatic heterocycles. The summed E-state index contributed by atoms with van der Waals surface area (Å²) in [6.07, 6.45) is -0.189. The van der Waals surface area contributed by atoms with Crippen molar-refractivity contribution >= 4 is 39.5 Å². The largest absolute Gasteiger partial charge is 0.378 e. The summed E-state index contributed by atoms with van der Waals surface area (Å²) in [5.41, 5.74) is 0.314. The Bertz CT molecular complexity index is 1030. The van der Waals surface area contributed by atoms with Crippen LogP contribution in [0.1, 0.15) is 20.3 Å². The second kappa shape index (κ2) is 10.9. The number of urea groups is 1. The predicted octanol–water partition coefficient (Wildman–Crippen LogP) is -0.175. The lowest BCUT2D eigenvalue weighted by atomic mass is 10.2. The van der Waals surface area contributed by atoms with Gasteiger partial charge in [0, 0.05) is 31.9 Å². The molecule has 5 amide bonds. The highest BCUT2D eigenvalue weighted by atomic mass is 32.2. The topological polar surface area (TPSA) is 145 Å². The van der Waals surface area contributed by atoms with Gasteiger partial charge in [-0.1, -0.05) is 13.8 Å². The van der Waals surface area contributed by atoms with Gasteiger partial charge in [0.25, 0.3) is 5.91 Å². The Labute approximate surface area is 198 Å². The fraction of sp³-hybridized carbons (Fsp3) is 0.524. The van der Waals surface area contributed by atoms with E-state index in [4.69, 9.17) is 4.74 Å². The van der Waals surface area contributed by atoms with Gasteiger partial charge in [-0.05, 0) is 24.3 Å². The van der Waals surface area contributed by atoms with Gasteiger partial charge in [-0.15, -0.1) is 0 Å². The molecule has 0 aliphatic carbocycles. The average Bonchev–Trinajstić information content (AvgIpc) is 3.07. The number of benzene rings is 1. The van der Waals surface area contributed by atoms with Crippen molar-refractivity contribution in [1.82, 2.24) is 19.4 Å². The number of amides is 5. The van der Waals surface area contributed by atoms with Gasteiger partial charge in [0.15, 0.2) is 0 Å². The average molecular weight is 496 g/mol. The van der Waals surface area contributed by atoms with E-state index in [0.717, 1.165) is 4.90 Å². The molecule has 3 rings (SSSR count). The molecule has 13 heteroatoms. The zero-order valence-electron chi connectivity index (χ0n) is 19.2. The SMILES string of the molecule is CCN(CC)S(=O)(=O)c1ccc(NC(=O)CN2C(=O)N[C@H](CC(=O)N3CCOCC3)C2=O)cc1. The maximum absolute atomic E-state index is 12.6. The van der Waals surface area contributed by atoms with Gasteiger partial charge >= 0.3 is 6.03 Å². The highest BCUT2D eigenvalue weighted by Crippen LogP contribution is 2.19. The molecule has 2 heterocycles. The second-order valence-corrected chi connectivity index (χ2v) is 9.72. The van der Waals surface area contributed by atoms with Crippen LogP contribution >= 0.6 is 0 Å². The Morgan fingerprint density at radius 2 is 1.74 bits per heavy atom. The van der Waals surface area contributed by atoms with E-state index in [-0.39, 0.29) is 17.2 Å². The van der Waals surface area contributed by atoms with Crippen LogP contribution in [0.25, 0.3) is 0 Å². The first-order valence-corrected chi connectivity index (χ1v) is 12.5. The molecule has 2 fully saturated rings. The van der Waals surface area contributed by atoms with Gasteiger partial charge in [0.1, 0.15) is 12.6 Å². The van der Waals surface area contributed by atoms with Crippen LogP contribution in [-0.4, -0.2) is 98.3 Å². The predicted molar refractivity (Wildman–Crippen MR) is 121 cm³/mol. The van der Waals surface area contributed by atoms with Crippen molar-refractivity contribution in [1.29, 1.82) is 0 Å². The molecule has 1 aromatic rings. The summed E-state index contributed by atoms with van der Waals surface area (Å²) in [4.78, 5) is 52.0. The molecular weight excluding hydrogens is 466 g/mol. The summed E-state index contributed by atoms with van der Waals surface area (Å²) in [5, 5.41) is 4.99. The third-order valence-corrected chi connectivity index (χ3v) is 7.70. The quantitative estimate of drug-likeness (QED) is 0.452. The van der Waals surface area contributed by atoms with Crippen LogP contribution in [0.15, 0.2) is 29.2 Å². The highest BCUT2D eigenvalue weighted by molar-refractivity contribution is 7.89. The Kier molecular flexibility index (Phi) is 8.23. The minimum absolute atomic E-state index is 0.0936. The Hall–Kier alpha value is -3.03. The smallest absolute Gasteiger partial charge is 0.325 e. The fourth-order valence-corrected chi connectivity index (χ4v) is 5.21. The molecule has 186 valence electrons. The van der Waals surface area contributed by atoms with Crippen LogP contribution in [0.5, 0.6) is 0 Å². The highest BCUT2D eigenvalue weighted by Gasteiger charge is 2.40. The zero-order chi connectivity index (χ0) is 24.9. The lowest BCUT2D eigenvalue weighted by Crippen LogP contribution is -2.44. The number of carbonyl (C=O) groups excluding carboxylic acids is 4. The van der Waals surface area contributed by atoms with E-state index in [1.54, 1.807) is 18.7 Å². The van der Waals surface area contributed by atoms with Crippen molar-refractivity contribution in [2.45, 2.75) is 31.2 Å². The third kappa shape index (κ3) is 5.72. The molecule has 0 spiro atoms. The molecule has 2 N–H and O–H groups in total. The molecule has 1 atom stereocenters. The number of hydrogen-bond acceptors (Lipinski definition) is 7. The number of ether oxygens (including phenoxy) is 1. The first-order chi connectivity index (χ1) is 16.2. The lowest BCUT2D eigenvalue weighted by molar-refractivity contribution is -0.138. The van der Waals surface area contributed by atoms with E-state index in [2.05, 4.69) is 10.6 Å². The molecule has 0 unspecified atom stereocenters. The first kappa shape index (κ1) is 25.6. The second-order valence-electron chi connectivity index (χ2n) is 7.79. The molecule has 1 aromatic carbocycles. The van der Waals surface area contributed by atoms with E-state index in [9.17, 15) is 27.6 Å². The van der Waals surface area contributed by atoms with Gasteiger partial charge in [-0.25, -0.2) is 13.2 Å². The van der Waals surface area contributed by atoms with Crippen molar-refractivity contribution in [2.24, 2.45) is 0 Å². The summed E-state index contributed by atoms with van der Waals surface area (Å²) in [6, 6.07) is 3.85. The molecule has 0 aromatic heterocycles. The summed E-state index contributed by atoms with van der Waals surface area (Å²) in [6.45, 7) is 5.32. The normalized spacial score (nSPS) is 18.9. The summed E-state index contributed by atoms with van der Waals surface area (Å²) in [5.74, 6) is -1.56. The molecule has 0 saturated carbocycles. The molecule has 12 nitrogen and oxygen atoms in total. The van der Waals surface area contributed by atoms with Crippen LogP contribution in [0, 0.1) is 0 Å². The van der Waals surface area contributed by atoms with Gasteiger partial charge < -0.3 is 20.3 Å². The Morgan fingerprint density at radius 3 is 2.32 bits per heavy atom. The van der Waals surface area contributed by atoms with Gasteiger partial charge in [-0.3, -0.25) is 19.3 Å². The van der Waals surface area contributed by atoms with Crippen LogP contribution in [0.3, 0.4) is 0 Å². The van der Waals surface area contributed by atoms with Gasteiger partial charge in [0.2, 0.25) is 21.8 Å². The Morgan fingerprint density at radius 1 is 1.12 bits per heavy atom. The van der Waals surface area contributed by atoms with Crippen molar-refractivity contribution in [3.05, 3.63) is 24.3 Å². The van der Waals surface area contributed by atoms with Crippen molar-refractivity contribution in [2.75, 3.05) is 51.3 Å². The minimum Gasteiger partial charge on any atom is -0.378 e. The number of nitrogens with one attached hydrogen (secondary N) is 2. The van der Waals surface area contributed by atoms with Gasteiger partial charge in [0.05, 0.1) is 24.5 Å². The third-order valence-electron chi connectivity index (χ3n) is 5.63. The van der Waals surface area contributed by atoms with Crippen molar-refractivity contribution in [3.63, 3.8) is 0 Å². The van der Waals surface area contributed by atoms with E-state index < -0.39 is 40.5 Å². The van der Waals surface area contributed by atoms with Crippen LogP contribution < -0.4 is 10.6 Å². The molecular formula is C21H29N5O7S. The van der Waals surface area contributed by atoms with Gasteiger partial charge in [-0.2, -0.15) is 4.31 Å². The van der Waals surface area contributed by atoms with E-state index in [0.29, 0.717) is 45.1 Å². The number of anilines is 1. The maximum Gasteiger partial charge on any atom is 0.325 e. The number of morpholine rings is 1.